The number of halogens is 3. The van der Waals surface area contributed by atoms with Crippen molar-refractivity contribution in [2.45, 2.75) is 12.8 Å². The molecule has 0 aliphatic carbocycles. The number of hydrogen-bond donors (Lipinski definition) is 1. The highest BCUT2D eigenvalue weighted by molar-refractivity contribution is 5.54. The standard InChI is InChI=1S/C12H10F3NO2/c13-12(14,15)8-3-4-11(10(16)6-8)18-7-9-2-1-5-17-9/h1-6H,7,16H2. The predicted molar refractivity (Wildman–Crippen MR) is 58.9 cm³/mol. The SMILES string of the molecule is Nc1cc(C(F)(F)F)ccc1OCc1ccco1. The number of nitrogens with two attached hydrogens (primary N) is 1. The maximum absolute atomic E-state index is 12.4. The van der Waals surface area contributed by atoms with E-state index in [4.69, 9.17) is 14.9 Å². The van der Waals surface area contributed by atoms with Crippen LogP contribution in [-0.4, -0.2) is 0 Å². The second-order valence-electron chi connectivity index (χ2n) is 3.62. The molecule has 0 aliphatic rings. The van der Waals surface area contributed by atoms with Crippen LogP contribution in [0.4, 0.5) is 18.9 Å². The number of ether oxygens (including phenoxy) is 1. The van der Waals surface area contributed by atoms with Crippen LogP contribution >= 0.6 is 0 Å². The Hall–Kier alpha value is -2.11. The molecular formula is C12H10F3NO2. The van der Waals surface area contributed by atoms with Crippen molar-refractivity contribution in [1.82, 2.24) is 0 Å². The van der Waals surface area contributed by atoms with E-state index in [1.165, 1.54) is 12.3 Å². The van der Waals surface area contributed by atoms with Crippen LogP contribution in [0.25, 0.3) is 0 Å². The number of alkyl halides is 3. The van der Waals surface area contributed by atoms with Gasteiger partial charge in [-0.25, -0.2) is 0 Å². The van der Waals surface area contributed by atoms with Crippen molar-refractivity contribution in [3.8, 4) is 5.75 Å². The molecule has 0 unspecified atom stereocenters. The van der Waals surface area contributed by atoms with Crippen LogP contribution < -0.4 is 10.5 Å². The third-order valence-corrected chi connectivity index (χ3v) is 2.29. The smallest absolute Gasteiger partial charge is 0.416 e. The van der Waals surface area contributed by atoms with E-state index in [0.717, 1.165) is 12.1 Å². The van der Waals surface area contributed by atoms with Crippen LogP contribution in [0.2, 0.25) is 0 Å². The van der Waals surface area contributed by atoms with E-state index >= 15 is 0 Å². The van der Waals surface area contributed by atoms with Crippen LogP contribution in [0.5, 0.6) is 5.75 Å². The highest BCUT2D eigenvalue weighted by atomic mass is 19.4. The summed E-state index contributed by atoms with van der Waals surface area (Å²) in [7, 11) is 0. The zero-order chi connectivity index (χ0) is 13.2. The molecule has 18 heavy (non-hydrogen) atoms. The molecule has 3 nitrogen and oxygen atoms in total. The Morgan fingerprint density at radius 1 is 1.22 bits per heavy atom. The Labute approximate surface area is 101 Å². The first-order valence-electron chi connectivity index (χ1n) is 5.09. The predicted octanol–water partition coefficient (Wildman–Crippen LogP) is 3.46. The van der Waals surface area contributed by atoms with Crippen LogP contribution in [0.1, 0.15) is 11.3 Å². The normalized spacial score (nSPS) is 11.5. The quantitative estimate of drug-likeness (QED) is 0.856. The molecule has 0 fully saturated rings. The lowest BCUT2D eigenvalue weighted by Crippen LogP contribution is -2.06. The van der Waals surface area contributed by atoms with Gasteiger partial charge in [0.1, 0.15) is 18.1 Å². The molecule has 0 saturated carbocycles. The molecular weight excluding hydrogens is 247 g/mol. The minimum Gasteiger partial charge on any atom is -0.483 e. The second kappa shape index (κ2) is 4.64. The molecule has 0 atom stereocenters. The maximum atomic E-state index is 12.4. The second-order valence-corrected chi connectivity index (χ2v) is 3.62. The van der Waals surface area contributed by atoms with Gasteiger partial charge in [-0.3, -0.25) is 0 Å². The Morgan fingerprint density at radius 2 is 2.00 bits per heavy atom. The summed E-state index contributed by atoms with van der Waals surface area (Å²) in [6.07, 6.45) is -2.93. The van der Waals surface area contributed by atoms with Crippen molar-refractivity contribution in [3.63, 3.8) is 0 Å². The third kappa shape index (κ3) is 2.77. The molecule has 96 valence electrons. The molecule has 1 aromatic carbocycles. The first kappa shape index (κ1) is 12.3. The van der Waals surface area contributed by atoms with E-state index in [1.807, 2.05) is 0 Å². The van der Waals surface area contributed by atoms with E-state index in [9.17, 15) is 13.2 Å². The van der Waals surface area contributed by atoms with Gasteiger partial charge >= 0.3 is 6.18 Å². The van der Waals surface area contributed by atoms with Gasteiger partial charge in [0.25, 0.3) is 0 Å². The van der Waals surface area contributed by atoms with Crippen LogP contribution in [0.3, 0.4) is 0 Å². The molecule has 1 heterocycles. The molecule has 1 aromatic heterocycles. The summed E-state index contributed by atoms with van der Waals surface area (Å²) in [4.78, 5) is 0. The molecule has 0 spiro atoms. The maximum Gasteiger partial charge on any atom is 0.416 e. The van der Waals surface area contributed by atoms with Gasteiger partial charge in [0.2, 0.25) is 0 Å². The van der Waals surface area contributed by atoms with Gasteiger partial charge < -0.3 is 14.9 Å². The third-order valence-electron chi connectivity index (χ3n) is 2.29. The first-order chi connectivity index (χ1) is 8.47. The molecule has 0 saturated heterocycles. The van der Waals surface area contributed by atoms with E-state index in [2.05, 4.69) is 0 Å². The zero-order valence-electron chi connectivity index (χ0n) is 9.20. The van der Waals surface area contributed by atoms with Crippen LogP contribution in [0, 0.1) is 0 Å². The summed E-state index contributed by atoms with van der Waals surface area (Å²) in [5, 5.41) is 0. The van der Waals surface area contributed by atoms with E-state index < -0.39 is 11.7 Å². The molecule has 2 rings (SSSR count). The molecule has 0 aliphatic heterocycles. The monoisotopic (exact) mass is 257 g/mol. The van der Waals surface area contributed by atoms with Crippen molar-refractivity contribution in [2.24, 2.45) is 0 Å². The summed E-state index contributed by atoms with van der Waals surface area (Å²) < 4.78 is 47.5. The lowest BCUT2D eigenvalue weighted by molar-refractivity contribution is -0.137. The highest BCUT2D eigenvalue weighted by Gasteiger charge is 2.30. The number of rotatable bonds is 3. The Kier molecular flexibility index (Phi) is 3.18. The Balaban J connectivity index is 2.10. The fraction of sp³-hybridized carbons (Fsp3) is 0.167. The number of anilines is 1. The summed E-state index contributed by atoms with van der Waals surface area (Å²) in [6, 6.07) is 6.35. The van der Waals surface area contributed by atoms with Crippen molar-refractivity contribution in [1.29, 1.82) is 0 Å². The molecule has 0 bridgehead atoms. The van der Waals surface area contributed by atoms with Gasteiger partial charge in [-0.2, -0.15) is 13.2 Å². The van der Waals surface area contributed by atoms with Crippen molar-refractivity contribution in [2.75, 3.05) is 5.73 Å². The van der Waals surface area contributed by atoms with Crippen molar-refractivity contribution >= 4 is 5.69 Å². The largest absolute Gasteiger partial charge is 0.483 e. The van der Waals surface area contributed by atoms with Crippen molar-refractivity contribution in [3.05, 3.63) is 47.9 Å². The van der Waals surface area contributed by atoms with Crippen LogP contribution in [0.15, 0.2) is 41.0 Å². The molecule has 2 aromatic rings. The van der Waals surface area contributed by atoms with Gasteiger partial charge in [0, 0.05) is 0 Å². The van der Waals surface area contributed by atoms with Gasteiger partial charge in [-0.15, -0.1) is 0 Å². The molecule has 6 heteroatoms. The lowest BCUT2D eigenvalue weighted by Gasteiger charge is -2.11. The Morgan fingerprint density at radius 3 is 2.56 bits per heavy atom. The average Bonchev–Trinajstić information content (AvgIpc) is 2.79. The molecule has 0 radical (unpaired) electrons. The van der Waals surface area contributed by atoms with E-state index in [0.29, 0.717) is 5.76 Å². The topological polar surface area (TPSA) is 48.4 Å². The molecule has 0 amide bonds. The van der Waals surface area contributed by atoms with Gasteiger partial charge in [-0.1, -0.05) is 0 Å². The fourth-order valence-electron chi connectivity index (χ4n) is 1.40. The van der Waals surface area contributed by atoms with Crippen molar-refractivity contribution < 1.29 is 22.3 Å². The van der Waals surface area contributed by atoms with Crippen LogP contribution in [-0.2, 0) is 12.8 Å². The minimum absolute atomic E-state index is 0.0589. The van der Waals surface area contributed by atoms with E-state index in [-0.39, 0.29) is 18.0 Å². The number of nitrogen functional groups attached to an aromatic ring is 1. The molecule has 2 N–H and O–H groups in total. The van der Waals surface area contributed by atoms with Gasteiger partial charge in [0.15, 0.2) is 0 Å². The minimum atomic E-state index is -4.41. The first-order valence-corrected chi connectivity index (χ1v) is 5.09. The summed E-state index contributed by atoms with van der Waals surface area (Å²) >= 11 is 0. The summed E-state index contributed by atoms with van der Waals surface area (Å²) in [6.45, 7) is 0.114. The van der Waals surface area contributed by atoms with Gasteiger partial charge in [0.05, 0.1) is 17.5 Å². The van der Waals surface area contributed by atoms with Gasteiger partial charge in [-0.05, 0) is 30.3 Å². The average molecular weight is 257 g/mol. The Bertz CT molecular complexity index is 521. The fourth-order valence-corrected chi connectivity index (χ4v) is 1.40. The lowest BCUT2D eigenvalue weighted by atomic mass is 10.2. The zero-order valence-corrected chi connectivity index (χ0v) is 9.20. The number of hydrogen-bond acceptors (Lipinski definition) is 3. The highest BCUT2D eigenvalue weighted by Crippen LogP contribution is 2.33. The summed E-state index contributed by atoms with van der Waals surface area (Å²) in [5.74, 6) is 0.758. The van der Waals surface area contributed by atoms with E-state index in [1.54, 1.807) is 12.1 Å². The number of furan rings is 1. The summed E-state index contributed by atoms with van der Waals surface area (Å²) in [5.41, 5.74) is 4.64. The number of benzene rings is 1.